The average Bonchev–Trinajstić information content (AvgIpc) is 2.39. The highest BCUT2D eigenvalue weighted by molar-refractivity contribution is 6.30. The summed E-state index contributed by atoms with van der Waals surface area (Å²) in [5.74, 6) is 0. The first-order valence-electron chi connectivity index (χ1n) is 7.38. The molecule has 0 heterocycles. The molecule has 0 bridgehead atoms. The maximum Gasteiger partial charge on any atom is 0.0555 e. The van der Waals surface area contributed by atoms with Crippen LogP contribution in [0.5, 0.6) is 0 Å². The molecular formula is C16H24ClNO. The minimum Gasteiger partial charge on any atom is -0.393 e. The minimum absolute atomic E-state index is 0.126. The predicted octanol–water partition coefficient (Wildman–Crippen LogP) is 4.07. The van der Waals surface area contributed by atoms with Gasteiger partial charge in [-0.25, -0.2) is 0 Å². The van der Waals surface area contributed by atoms with Crippen LogP contribution in [0.2, 0.25) is 5.02 Å². The van der Waals surface area contributed by atoms with Gasteiger partial charge in [-0.15, -0.1) is 0 Å². The Morgan fingerprint density at radius 3 is 2.68 bits per heavy atom. The fourth-order valence-corrected chi connectivity index (χ4v) is 3.06. The quantitative estimate of drug-likeness (QED) is 0.852. The van der Waals surface area contributed by atoms with E-state index in [-0.39, 0.29) is 6.10 Å². The normalized spacial score (nSPS) is 25.2. The highest BCUT2D eigenvalue weighted by atomic mass is 35.5. The monoisotopic (exact) mass is 281 g/mol. The largest absolute Gasteiger partial charge is 0.393 e. The zero-order valence-electron chi connectivity index (χ0n) is 11.6. The fourth-order valence-electron chi connectivity index (χ4n) is 2.93. The van der Waals surface area contributed by atoms with E-state index in [2.05, 4.69) is 24.4 Å². The van der Waals surface area contributed by atoms with Crippen molar-refractivity contribution in [2.75, 3.05) is 0 Å². The Kier molecular flexibility index (Phi) is 5.68. The molecule has 1 aliphatic carbocycles. The van der Waals surface area contributed by atoms with Crippen LogP contribution in [-0.4, -0.2) is 17.3 Å². The zero-order valence-corrected chi connectivity index (χ0v) is 12.4. The van der Waals surface area contributed by atoms with E-state index in [1.54, 1.807) is 0 Å². The fraction of sp³-hybridized carbons (Fsp3) is 0.625. The Morgan fingerprint density at radius 2 is 2.05 bits per heavy atom. The molecule has 19 heavy (non-hydrogen) atoms. The van der Waals surface area contributed by atoms with Gasteiger partial charge in [-0.05, 0) is 49.8 Å². The molecule has 1 fully saturated rings. The molecule has 1 saturated carbocycles. The van der Waals surface area contributed by atoms with Gasteiger partial charge in [-0.1, -0.05) is 37.1 Å². The molecule has 3 unspecified atom stereocenters. The Morgan fingerprint density at radius 1 is 1.32 bits per heavy atom. The van der Waals surface area contributed by atoms with Crippen molar-refractivity contribution in [3.05, 3.63) is 34.9 Å². The molecule has 3 heteroatoms. The molecule has 0 aliphatic heterocycles. The Bertz CT molecular complexity index is 379. The summed E-state index contributed by atoms with van der Waals surface area (Å²) in [4.78, 5) is 0. The van der Waals surface area contributed by atoms with Crippen molar-refractivity contribution in [2.24, 2.45) is 0 Å². The van der Waals surface area contributed by atoms with Gasteiger partial charge in [-0.3, -0.25) is 0 Å². The number of hydrogen-bond acceptors (Lipinski definition) is 2. The molecule has 1 aromatic carbocycles. The lowest BCUT2D eigenvalue weighted by Gasteiger charge is -2.31. The number of rotatable bonds is 5. The van der Waals surface area contributed by atoms with Crippen LogP contribution in [0.4, 0.5) is 0 Å². The molecule has 0 amide bonds. The molecule has 0 spiro atoms. The second kappa shape index (κ2) is 7.28. The van der Waals surface area contributed by atoms with Crippen LogP contribution in [0.3, 0.4) is 0 Å². The van der Waals surface area contributed by atoms with E-state index in [1.807, 2.05) is 12.1 Å². The van der Waals surface area contributed by atoms with Crippen LogP contribution >= 0.6 is 11.6 Å². The van der Waals surface area contributed by atoms with Crippen molar-refractivity contribution in [3.8, 4) is 0 Å². The van der Waals surface area contributed by atoms with Gasteiger partial charge in [0.05, 0.1) is 6.10 Å². The number of nitrogens with one attached hydrogen (secondary N) is 1. The van der Waals surface area contributed by atoms with Crippen LogP contribution in [0.15, 0.2) is 24.3 Å². The van der Waals surface area contributed by atoms with Crippen LogP contribution in [-0.2, 0) is 0 Å². The lowest BCUT2D eigenvalue weighted by atomic mass is 9.91. The van der Waals surface area contributed by atoms with E-state index in [0.717, 1.165) is 37.1 Å². The highest BCUT2D eigenvalue weighted by Gasteiger charge is 2.22. The molecule has 0 aromatic heterocycles. The number of hydrogen-bond donors (Lipinski definition) is 2. The average molecular weight is 282 g/mol. The number of aliphatic hydroxyl groups excluding tert-OH is 1. The Labute approximate surface area is 121 Å². The summed E-state index contributed by atoms with van der Waals surface area (Å²) >= 11 is 5.95. The molecule has 2 nitrogen and oxygen atoms in total. The molecule has 106 valence electrons. The molecular weight excluding hydrogens is 258 g/mol. The summed E-state index contributed by atoms with van der Waals surface area (Å²) in [6.45, 7) is 2.21. The van der Waals surface area contributed by atoms with Crippen molar-refractivity contribution < 1.29 is 5.11 Å². The lowest BCUT2D eigenvalue weighted by Crippen LogP contribution is -2.38. The minimum atomic E-state index is -0.126. The third-order valence-corrected chi connectivity index (χ3v) is 4.19. The van der Waals surface area contributed by atoms with Crippen LogP contribution in [0.1, 0.15) is 57.1 Å². The van der Waals surface area contributed by atoms with Crippen molar-refractivity contribution in [1.29, 1.82) is 0 Å². The van der Waals surface area contributed by atoms with Gasteiger partial charge < -0.3 is 10.4 Å². The van der Waals surface area contributed by atoms with Crippen molar-refractivity contribution in [2.45, 2.75) is 63.6 Å². The second-order valence-electron chi connectivity index (χ2n) is 5.58. The maximum absolute atomic E-state index is 9.77. The highest BCUT2D eigenvalue weighted by Crippen LogP contribution is 2.25. The topological polar surface area (TPSA) is 32.3 Å². The van der Waals surface area contributed by atoms with Gasteiger partial charge in [0.15, 0.2) is 0 Å². The van der Waals surface area contributed by atoms with Crippen molar-refractivity contribution >= 4 is 11.6 Å². The van der Waals surface area contributed by atoms with E-state index < -0.39 is 0 Å². The van der Waals surface area contributed by atoms with Crippen molar-refractivity contribution in [1.82, 2.24) is 5.32 Å². The predicted molar refractivity (Wildman–Crippen MR) is 80.5 cm³/mol. The van der Waals surface area contributed by atoms with E-state index in [0.29, 0.717) is 12.1 Å². The summed E-state index contributed by atoms with van der Waals surface area (Å²) in [5, 5.41) is 14.3. The summed E-state index contributed by atoms with van der Waals surface area (Å²) in [6.07, 6.45) is 6.27. The summed E-state index contributed by atoms with van der Waals surface area (Å²) in [6, 6.07) is 8.94. The molecule has 2 N–H and O–H groups in total. The van der Waals surface area contributed by atoms with Gasteiger partial charge in [0.25, 0.3) is 0 Å². The van der Waals surface area contributed by atoms with Gasteiger partial charge in [0.1, 0.15) is 0 Å². The standard InChI is InChI=1S/C16H24ClNO/c1-2-4-16(12-7-9-13(17)10-8-12)18-14-5-3-6-15(19)11-14/h7-10,14-16,18-19H,2-6,11H2,1H3. The zero-order chi connectivity index (χ0) is 13.7. The molecule has 3 atom stereocenters. The number of halogens is 1. The van der Waals surface area contributed by atoms with Gasteiger partial charge in [-0.2, -0.15) is 0 Å². The maximum atomic E-state index is 9.77. The lowest BCUT2D eigenvalue weighted by molar-refractivity contribution is 0.108. The van der Waals surface area contributed by atoms with Crippen LogP contribution in [0, 0.1) is 0 Å². The molecule has 1 aliphatic rings. The van der Waals surface area contributed by atoms with E-state index in [1.165, 1.54) is 12.0 Å². The third kappa shape index (κ3) is 4.48. The molecule has 1 aromatic rings. The van der Waals surface area contributed by atoms with E-state index in [9.17, 15) is 5.11 Å². The first kappa shape index (κ1) is 14.8. The van der Waals surface area contributed by atoms with Gasteiger partial charge in [0, 0.05) is 17.1 Å². The van der Waals surface area contributed by atoms with Crippen LogP contribution < -0.4 is 5.32 Å². The molecule has 2 rings (SSSR count). The summed E-state index contributed by atoms with van der Waals surface area (Å²) in [5.41, 5.74) is 1.30. The second-order valence-corrected chi connectivity index (χ2v) is 6.01. The van der Waals surface area contributed by atoms with Crippen molar-refractivity contribution in [3.63, 3.8) is 0 Å². The Hall–Kier alpha value is -0.570. The van der Waals surface area contributed by atoms with Gasteiger partial charge >= 0.3 is 0 Å². The number of aliphatic hydroxyl groups is 1. The first-order chi connectivity index (χ1) is 9.19. The van der Waals surface area contributed by atoms with Gasteiger partial charge in [0.2, 0.25) is 0 Å². The Balaban J connectivity index is 2.01. The SMILES string of the molecule is CCCC(NC1CCCC(O)C1)c1ccc(Cl)cc1. The summed E-state index contributed by atoms with van der Waals surface area (Å²) < 4.78 is 0. The summed E-state index contributed by atoms with van der Waals surface area (Å²) in [7, 11) is 0. The first-order valence-corrected chi connectivity index (χ1v) is 7.76. The van der Waals surface area contributed by atoms with E-state index in [4.69, 9.17) is 11.6 Å². The molecule has 0 radical (unpaired) electrons. The third-order valence-electron chi connectivity index (χ3n) is 3.93. The van der Waals surface area contributed by atoms with Crippen LogP contribution in [0.25, 0.3) is 0 Å². The number of benzene rings is 1. The molecule has 0 saturated heterocycles. The van der Waals surface area contributed by atoms with E-state index >= 15 is 0 Å². The smallest absolute Gasteiger partial charge is 0.0555 e.